The van der Waals surface area contributed by atoms with Gasteiger partial charge in [-0.25, -0.2) is 0 Å². The number of rotatable bonds is 12. The number of carbonyl (C=O) groups excluding carboxylic acids is 2. The molecule has 6 nitrogen and oxygen atoms in total. The van der Waals surface area contributed by atoms with Gasteiger partial charge in [0, 0.05) is 44.2 Å². The molecule has 0 fully saturated rings. The third kappa shape index (κ3) is 8.32. The number of hydrogen-bond acceptors (Lipinski definition) is 3. The SMILES string of the molecule is COCCN(Cc1cccn1Cc1ccccc1)C(=O)CN(CC(C)C)C(=O)c1ccc(C(C)(C)C)cc1. The van der Waals surface area contributed by atoms with E-state index in [0.29, 0.717) is 31.8 Å². The lowest BCUT2D eigenvalue weighted by Gasteiger charge is -2.29. The predicted octanol–water partition coefficient (Wildman–Crippen LogP) is 5.61. The molecule has 3 rings (SSSR count). The van der Waals surface area contributed by atoms with Crippen molar-refractivity contribution in [3.05, 3.63) is 95.3 Å². The average molecular weight is 518 g/mol. The van der Waals surface area contributed by atoms with Gasteiger partial charge in [0.1, 0.15) is 6.54 Å². The fraction of sp³-hybridized carbons (Fsp3) is 0.438. The molecule has 0 spiro atoms. The number of methoxy groups -OCH3 is 1. The summed E-state index contributed by atoms with van der Waals surface area (Å²) in [6.07, 6.45) is 2.04. The van der Waals surface area contributed by atoms with E-state index >= 15 is 0 Å². The second kappa shape index (κ2) is 13.4. The van der Waals surface area contributed by atoms with Crippen LogP contribution in [0.2, 0.25) is 0 Å². The van der Waals surface area contributed by atoms with Gasteiger partial charge in [-0.15, -0.1) is 0 Å². The molecule has 2 aromatic carbocycles. The molecule has 38 heavy (non-hydrogen) atoms. The summed E-state index contributed by atoms with van der Waals surface area (Å²) in [5.41, 5.74) is 4.02. The molecule has 0 aliphatic carbocycles. The van der Waals surface area contributed by atoms with Gasteiger partial charge in [-0.2, -0.15) is 0 Å². The van der Waals surface area contributed by atoms with E-state index in [1.807, 2.05) is 60.8 Å². The van der Waals surface area contributed by atoms with Gasteiger partial charge in [0.25, 0.3) is 5.91 Å². The monoisotopic (exact) mass is 517 g/mol. The van der Waals surface area contributed by atoms with Gasteiger partial charge in [0.2, 0.25) is 5.91 Å². The first-order chi connectivity index (χ1) is 18.1. The zero-order valence-electron chi connectivity index (χ0n) is 23.8. The Kier molecular flexibility index (Phi) is 10.3. The highest BCUT2D eigenvalue weighted by Crippen LogP contribution is 2.23. The summed E-state index contributed by atoms with van der Waals surface area (Å²) in [6, 6.07) is 22.1. The smallest absolute Gasteiger partial charge is 0.254 e. The maximum Gasteiger partial charge on any atom is 0.254 e. The second-order valence-electron chi connectivity index (χ2n) is 11.3. The van der Waals surface area contributed by atoms with Crippen LogP contribution in [-0.2, 0) is 28.0 Å². The van der Waals surface area contributed by atoms with Crippen molar-refractivity contribution in [2.24, 2.45) is 5.92 Å². The van der Waals surface area contributed by atoms with Crippen molar-refractivity contribution in [2.75, 3.05) is 33.4 Å². The summed E-state index contributed by atoms with van der Waals surface area (Å²) in [6.45, 7) is 13.2. The minimum atomic E-state index is -0.119. The van der Waals surface area contributed by atoms with Gasteiger partial charge >= 0.3 is 0 Å². The predicted molar refractivity (Wildman–Crippen MR) is 153 cm³/mol. The molecule has 6 heteroatoms. The van der Waals surface area contributed by atoms with Crippen LogP contribution in [-0.4, -0.2) is 59.5 Å². The van der Waals surface area contributed by atoms with Gasteiger partial charge in [-0.05, 0) is 46.7 Å². The van der Waals surface area contributed by atoms with Crippen LogP contribution in [0.5, 0.6) is 0 Å². The van der Waals surface area contributed by atoms with Crippen LogP contribution in [0, 0.1) is 5.92 Å². The van der Waals surface area contributed by atoms with Crippen LogP contribution in [0.25, 0.3) is 0 Å². The van der Waals surface area contributed by atoms with Crippen LogP contribution < -0.4 is 0 Å². The van der Waals surface area contributed by atoms with E-state index in [-0.39, 0.29) is 29.7 Å². The largest absolute Gasteiger partial charge is 0.383 e. The molecular weight excluding hydrogens is 474 g/mol. The summed E-state index contributed by atoms with van der Waals surface area (Å²) in [7, 11) is 1.64. The Hall–Kier alpha value is -3.38. The Morgan fingerprint density at radius 3 is 2.21 bits per heavy atom. The second-order valence-corrected chi connectivity index (χ2v) is 11.3. The highest BCUT2D eigenvalue weighted by Gasteiger charge is 2.24. The van der Waals surface area contributed by atoms with Crippen molar-refractivity contribution in [1.82, 2.24) is 14.4 Å². The van der Waals surface area contributed by atoms with E-state index < -0.39 is 0 Å². The average Bonchev–Trinajstić information content (AvgIpc) is 3.31. The first-order valence-corrected chi connectivity index (χ1v) is 13.4. The number of ether oxygens (including phenoxy) is 1. The molecule has 0 aliphatic rings. The maximum absolute atomic E-state index is 13.6. The van der Waals surface area contributed by atoms with Crippen molar-refractivity contribution in [3.8, 4) is 0 Å². The minimum absolute atomic E-state index is 0.00911. The number of hydrogen-bond donors (Lipinski definition) is 0. The van der Waals surface area contributed by atoms with Gasteiger partial charge in [0.15, 0.2) is 0 Å². The van der Waals surface area contributed by atoms with Crippen LogP contribution in [0.15, 0.2) is 72.9 Å². The lowest BCUT2D eigenvalue weighted by atomic mass is 9.86. The quantitative estimate of drug-likeness (QED) is 0.314. The molecule has 1 heterocycles. The van der Waals surface area contributed by atoms with Crippen molar-refractivity contribution >= 4 is 11.8 Å². The Morgan fingerprint density at radius 2 is 1.61 bits per heavy atom. The molecule has 0 atom stereocenters. The fourth-order valence-corrected chi connectivity index (χ4v) is 4.44. The third-order valence-electron chi connectivity index (χ3n) is 6.59. The molecule has 0 N–H and O–H groups in total. The molecule has 204 valence electrons. The molecule has 0 aliphatic heterocycles. The highest BCUT2D eigenvalue weighted by atomic mass is 16.5. The molecule has 0 radical (unpaired) electrons. The molecule has 2 amide bonds. The first-order valence-electron chi connectivity index (χ1n) is 13.4. The van der Waals surface area contributed by atoms with Crippen LogP contribution in [0.3, 0.4) is 0 Å². The maximum atomic E-state index is 13.6. The number of carbonyl (C=O) groups is 2. The summed E-state index contributed by atoms with van der Waals surface area (Å²) >= 11 is 0. The zero-order valence-corrected chi connectivity index (χ0v) is 23.8. The normalized spacial score (nSPS) is 11.6. The van der Waals surface area contributed by atoms with Crippen LogP contribution >= 0.6 is 0 Å². The molecule has 3 aromatic rings. The molecule has 0 saturated heterocycles. The van der Waals surface area contributed by atoms with Gasteiger partial charge in [-0.1, -0.05) is 77.1 Å². The molecule has 0 saturated carbocycles. The van der Waals surface area contributed by atoms with E-state index in [0.717, 1.165) is 12.2 Å². The highest BCUT2D eigenvalue weighted by molar-refractivity contribution is 5.96. The lowest BCUT2D eigenvalue weighted by Crippen LogP contribution is -2.45. The van der Waals surface area contributed by atoms with Crippen molar-refractivity contribution in [1.29, 1.82) is 0 Å². The molecule has 1 aromatic heterocycles. The standard InChI is InChI=1S/C32H43N3O3/c1-25(2)21-35(31(37)27-14-16-28(17-15-27)32(3,4)5)24-30(36)34(19-20-38-6)23-29-13-10-18-33(29)22-26-11-8-7-9-12-26/h7-18,25H,19-24H2,1-6H3. The minimum Gasteiger partial charge on any atom is -0.383 e. The third-order valence-corrected chi connectivity index (χ3v) is 6.59. The molecular formula is C32H43N3O3. The van der Waals surface area contributed by atoms with Crippen LogP contribution in [0.1, 0.15) is 61.8 Å². The Morgan fingerprint density at radius 1 is 0.921 bits per heavy atom. The van der Waals surface area contributed by atoms with E-state index in [2.05, 4.69) is 51.3 Å². The number of nitrogens with zero attached hydrogens (tertiary/aromatic N) is 3. The van der Waals surface area contributed by atoms with Crippen LogP contribution in [0.4, 0.5) is 0 Å². The lowest BCUT2D eigenvalue weighted by molar-refractivity contribution is -0.133. The van der Waals surface area contributed by atoms with Crippen molar-refractivity contribution in [2.45, 2.75) is 53.1 Å². The van der Waals surface area contributed by atoms with E-state index in [1.54, 1.807) is 16.9 Å². The summed E-state index contributed by atoms with van der Waals surface area (Å²) in [5.74, 6) is 0.0256. The van der Waals surface area contributed by atoms with E-state index in [4.69, 9.17) is 4.74 Å². The summed E-state index contributed by atoms with van der Waals surface area (Å²) < 4.78 is 7.47. The fourth-order valence-electron chi connectivity index (χ4n) is 4.44. The summed E-state index contributed by atoms with van der Waals surface area (Å²) in [4.78, 5) is 30.6. The zero-order chi connectivity index (χ0) is 27.7. The van der Waals surface area contributed by atoms with Gasteiger partial charge < -0.3 is 19.1 Å². The molecule has 0 unspecified atom stereocenters. The first kappa shape index (κ1) is 29.2. The Labute approximate surface area is 228 Å². The summed E-state index contributed by atoms with van der Waals surface area (Å²) in [5, 5.41) is 0. The van der Waals surface area contributed by atoms with Gasteiger partial charge in [0.05, 0.1) is 13.2 Å². The van der Waals surface area contributed by atoms with Crippen molar-refractivity contribution < 1.29 is 14.3 Å². The number of aromatic nitrogens is 1. The van der Waals surface area contributed by atoms with E-state index in [9.17, 15) is 9.59 Å². The van der Waals surface area contributed by atoms with Gasteiger partial charge in [-0.3, -0.25) is 9.59 Å². The van der Waals surface area contributed by atoms with E-state index in [1.165, 1.54) is 11.1 Å². The Balaban J connectivity index is 1.77. The Bertz CT molecular complexity index is 1160. The number of benzene rings is 2. The number of amides is 2. The van der Waals surface area contributed by atoms with Crippen molar-refractivity contribution in [3.63, 3.8) is 0 Å². The topological polar surface area (TPSA) is 54.8 Å². The molecule has 0 bridgehead atoms.